The maximum atomic E-state index is 12.4. The zero-order valence-electron chi connectivity index (χ0n) is 12.7. The molecule has 2 atom stereocenters. The van der Waals surface area contributed by atoms with E-state index in [1.807, 2.05) is 37.3 Å². The van der Waals surface area contributed by atoms with Gasteiger partial charge in [-0.1, -0.05) is 30.3 Å². The number of nitrogens with zero attached hydrogens (tertiary/aromatic N) is 1. The molecule has 4 nitrogen and oxygen atoms in total. The van der Waals surface area contributed by atoms with Gasteiger partial charge >= 0.3 is 6.09 Å². The molecule has 114 valence electrons. The number of rotatable bonds is 4. The lowest BCUT2D eigenvalue weighted by Crippen LogP contribution is -2.49. The Bertz CT molecular complexity index is 486. The van der Waals surface area contributed by atoms with Gasteiger partial charge in [-0.05, 0) is 38.7 Å². The smallest absolute Gasteiger partial charge is 0.410 e. The highest BCUT2D eigenvalue weighted by Gasteiger charge is 2.33. The number of Topliss-reactive ketones (excluding diaryl/α,β-unsaturated/α-hetero) is 1. The van der Waals surface area contributed by atoms with Crippen LogP contribution >= 0.6 is 0 Å². The summed E-state index contributed by atoms with van der Waals surface area (Å²) in [7, 11) is 0. The van der Waals surface area contributed by atoms with Crippen molar-refractivity contribution in [3.63, 3.8) is 0 Å². The first-order valence-corrected chi connectivity index (χ1v) is 7.56. The second kappa shape index (κ2) is 7.25. The number of amides is 1. The summed E-state index contributed by atoms with van der Waals surface area (Å²) in [6.45, 7) is 3.87. The van der Waals surface area contributed by atoms with Gasteiger partial charge in [-0.3, -0.25) is 4.79 Å². The molecule has 1 amide bonds. The fourth-order valence-corrected chi connectivity index (χ4v) is 2.94. The van der Waals surface area contributed by atoms with Crippen LogP contribution in [-0.2, 0) is 16.1 Å². The molecule has 1 aliphatic rings. The molecule has 1 aliphatic heterocycles. The molecule has 21 heavy (non-hydrogen) atoms. The topological polar surface area (TPSA) is 46.6 Å². The highest BCUT2D eigenvalue weighted by atomic mass is 16.6. The van der Waals surface area contributed by atoms with Gasteiger partial charge in [0.15, 0.2) is 0 Å². The van der Waals surface area contributed by atoms with Crippen LogP contribution in [0.25, 0.3) is 0 Å². The quantitative estimate of drug-likeness (QED) is 0.851. The Balaban J connectivity index is 1.98. The Morgan fingerprint density at radius 1 is 1.24 bits per heavy atom. The zero-order chi connectivity index (χ0) is 15.2. The van der Waals surface area contributed by atoms with E-state index in [-0.39, 0.29) is 30.6 Å². The number of ketones is 1. The van der Waals surface area contributed by atoms with Crippen LogP contribution in [0.1, 0.15) is 45.1 Å². The van der Waals surface area contributed by atoms with E-state index < -0.39 is 0 Å². The summed E-state index contributed by atoms with van der Waals surface area (Å²) >= 11 is 0. The van der Waals surface area contributed by atoms with Crippen LogP contribution in [0.4, 0.5) is 4.79 Å². The van der Waals surface area contributed by atoms with Crippen molar-refractivity contribution in [3.05, 3.63) is 35.9 Å². The molecule has 0 aromatic heterocycles. The van der Waals surface area contributed by atoms with E-state index >= 15 is 0 Å². The monoisotopic (exact) mass is 289 g/mol. The molecule has 1 heterocycles. The van der Waals surface area contributed by atoms with Crippen molar-refractivity contribution in [3.8, 4) is 0 Å². The summed E-state index contributed by atoms with van der Waals surface area (Å²) in [5, 5.41) is 0. The van der Waals surface area contributed by atoms with Crippen LogP contribution in [0, 0.1) is 0 Å². The Morgan fingerprint density at radius 2 is 1.95 bits per heavy atom. The molecular formula is C17H23NO3. The molecule has 1 saturated heterocycles. The highest BCUT2D eigenvalue weighted by Crippen LogP contribution is 2.26. The fourth-order valence-electron chi connectivity index (χ4n) is 2.94. The van der Waals surface area contributed by atoms with E-state index in [9.17, 15) is 9.59 Å². The first-order chi connectivity index (χ1) is 10.1. The van der Waals surface area contributed by atoms with Crippen molar-refractivity contribution in [1.29, 1.82) is 0 Å². The summed E-state index contributed by atoms with van der Waals surface area (Å²) in [4.78, 5) is 25.5. The normalized spacial score (nSPS) is 21.9. The van der Waals surface area contributed by atoms with Gasteiger partial charge in [-0.25, -0.2) is 4.79 Å². The molecule has 0 spiro atoms. The lowest BCUT2D eigenvalue weighted by molar-refractivity contribution is -0.118. The predicted octanol–water partition coefficient (Wildman–Crippen LogP) is 3.55. The van der Waals surface area contributed by atoms with Crippen molar-refractivity contribution in [2.45, 2.75) is 58.2 Å². The number of benzene rings is 1. The van der Waals surface area contributed by atoms with Crippen LogP contribution in [0.5, 0.6) is 0 Å². The summed E-state index contributed by atoms with van der Waals surface area (Å²) in [5.74, 6) is 0.120. The molecule has 0 saturated carbocycles. The molecule has 0 aliphatic carbocycles. The van der Waals surface area contributed by atoms with Crippen LogP contribution in [0.15, 0.2) is 30.3 Å². The van der Waals surface area contributed by atoms with E-state index in [0.717, 1.165) is 24.8 Å². The van der Waals surface area contributed by atoms with Crippen molar-refractivity contribution in [2.24, 2.45) is 0 Å². The predicted molar refractivity (Wildman–Crippen MR) is 80.9 cm³/mol. The van der Waals surface area contributed by atoms with Gasteiger partial charge in [0.25, 0.3) is 0 Å². The number of carbonyl (C=O) groups excluding carboxylic acids is 2. The second-order valence-corrected chi connectivity index (χ2v) is 5.79. The van der Waals surface area contributed by atoms with Crippen molar-refractivity contribution in [1.82, 2.24) is 4.90 Å². The number of piperidine rings is 1. The van der Waals surface area contributed by atoms with E-state index in [0.29, 0.717) is 6.42 Å². The van der Waals surface area contributed by atoms with E-state index in [1.54, 1.807) is 11.8 Å². The fraction of sp³-hybridized carbons (Fsp3) is 0.529. The molecule has 4 heteroatoms. The number of hydrogen-bond acceptors (Lipinski definition) is 3. The van der Waals surface area contributed by atoms with Gasteiger partial charge in [0, 0.05) is 18.5 Å². The molecular weight excluding hydrogens is 266 g/mol. The number of likely N-dealkylation sites (tertiary alicyclic amines) is 1. The van der Waals surface area contributed by atoms with Crippen molar-refractivity contribution < 1.29 is 14.3 Å². The first-order valence-electron chi connectivity index (χ1n) is 7.56. The molecule has 1 aromatic carbocycles. The summed E-state index contributed by atoms with van der Waals surface area (Å²) < 4.78 is 5.43. The Labute approximate surface area is 126 Å². The number of carbonyl (C=O) groups is 2. The minimum Gasteiger partial charge on any atom is -0.445 e. The van der Waals surface area contributed by atoms with Gasteiger partial charge in [-0.2, -0.15) is 0 Å². The van der Waals surface area contributed by atoms with Crippen LogP contribution in [0.3, 0.4) is 0 Å². The standard InChI is InChI=1S/C17H23NO3/c1-13-7-6-10-16(11-14(2)19)18(13)17(20)21-12-15-8-4-3-5-9-15/h3-5,8-9,13,16H,6-7,10-12H2,1-2H3/t13-,16-/m1/s1. The van der Waals surface area contributed by atoms with E-state index in [2.05, 4.69) is 0 Å². The Hall–Kier alpha value is -1.84. The van der Waals surface area contributed by atoms with E-state index in [4.69, 9.17) is 4.74 Å². The lowest BCUT2D eigenvalue weighted by Gasteiger charge is -2.39. The van der Waals surface area contributed by atoms with Gasteiger partial charge in [0.2, 0.25) is 0 Å². The van der Waals surface area contributed by atoms with Crippen LogP contribution in [-0.4, -0.2) is 28.9 Å². The minimum absolute atomic E-state index is 0.0190. The molecule has 0 radical (unpaired) electrons. The summed E-state index contributed by atoms with van der Waals surface area (Å²) in [5.41, 5.74) is 0.971. The third kappa shape index (κ3) is 4.31. The SMILES string of the molecule is CC(=O)C[C@H]1CCC[C@@H](C)N1C(=O)OCc1ccccc1. The minimum atomic E-state index is -0.308. The summed E-state index contributed by atoms with van der Waals surface area (Å²) in [6.07, 6.45) is 3.02. The van der Waals surface area contributed by atoms with E-state index in [1.165, 1.54) is 0 Å². The number of ether oxygens (including phenoxy) is 1. The maximum absolute atomic E-state index is 12.4. The average molecular weight is 289 g/mol. The number of hydrogen-bond donors (Lipinski definition) is 0. The highest BCUT2D eigenvalue weighted by molar-refractivity contribution is 5.77. The molecule has 1 fully saturated rings. The van der Waals surface area contributed by atoms with Gasteiger partial charge in [0.05, 0.1) is 0 Å². The maximum Gasteiger partial charge on any atom is 0.410 e. The van der Waals surface area contributed by atoms with Crippen molar-refractivity contribution in [2.75, 3.05) is 0 Å². The van der Waals surface area contributed by atoms with Gasteiger partial charge in [0.1, 0.15) is 12.4 Å². The lowest BCUT2D eigenvalue weighted by atomic mass is 9.94. The first kappa shape index (κ1) is 15.5. The second-order valence-electron chi connectivity index (χ2n) is 5.79. The molecule has 0 bridgehead atoms. The Morgan fingerprint density at radius 3 is 2.62 bits per heavy atom. The third-order valence-corrected chi connectivity index (χ3v) is 3.97. The molecule has 2 rings (SSSR count). The average Bonchev–Trinajstić information content (AvgIpc) is 2.45. The Kier molecular flexibility index (Phi) is 5.37. The molecule has 1 aromatic rings. The zero-order valence-corrected chi connectivity index (χ0v) is 12.7. The van der Waals surface area contributed by atoms with Crippen LogP contribution in [0.2, 0.25) is 0 Å². The van der Waals surface area contributed by atoms with Crippen LogP contribution < -0.4 is 0 Å². The molecule has 0 N–H and O–H groups in total. The van der Waals surface area contributed by atoms with Gasteiger partial charge in [-0.15, -0.1) is 0 Å². The van der Waals surface area contributed by atoms with Gasteiger partial charge < -0.3 is 9.64 Å². The largest absolute Gasteiger partial charge is 0.445 e. The van der Waals surface area contributed by atoms with Crippen molar-refractivity contribution >= 4 is 11.9 Å². The third-order valence-electron chi connectivity index (χ3n) is 3.97. The summed E-state index contributed by atoms with van der Waals surface area (Å²) in [6, 6.07) is 9.75. The molecule has 0 unspecified atom stereocenters.